The van der Waals surface area contributed by atoms with Gasteiger partial charge >= 0.3 is 0 Å². The molecule has 2 fully saturated rings. The van der Waals surface area contributed by atoms with Crippen molar-refractivity contribution in [3.8, 4) is 0 Å². The lowest BCUT2D eigenvalue weighted by atomic mass is 9.98. The van der Waals surface area contributed by atoms with Gasteiger partial charge in [0, 0.05) is 24.7 Å². The van der Waals surface area contributed by atoms with E-state index in [1.165, 1.54) is 32.2 Å². The van der Waals surface area contributed by atoms with Crippen molar-refractivity contribution in [3.05, 3.63) is 12.7 Å². The minimum atomic E-state index is 0.470. The number of piperidine rings is 1. The lowest BCUT2D eigenvalue weighted by molar-refractivity contribution is 0.130. The Morgan fingerprint density at radius 1 is 1.31 bits per heavy atom. The Morgan fingerprint density at radius 3 is 2.46 bits per heavy atom. The highest BCUT2D eigenvalue weighted by molar-refractivity contribution is 4.96. The van der Waals surface area contributed by atoms with E-state index >= 15 is 0 Å². The van der Waals surface area contributed by atoms with Crippen LogP contribution in [0.25, 0.3) is 0 Å². The molecule has 74 valence electrons. The molecule has 2 rings (SSSR count). The Bertz CT molecular complexity index is 177. The normalized spacial score (nSPS) is 39.3. The van der Waals surface area contributed by atoms with Gasteiger partial charge in [-0.15, -0.1) is 6.58 Å². The minimum Gasteiger partial charge on any atom is -0.328 e. The monoisotopic (exact) mass is 180 g/mol. The van der Waals surface area contributed by atoms with E-state index in [2.05, 4.69) is 11.5 Å². The lowest BCUT2D eigenvalue weighted by Crippen LogP contribution is -2.47. The van der Waals surface area contributed by atoms with Crippen molar-refractivity contribution in [2.24, 2.45) is 5.73 Å². The van der Waals surface area contributed by atoms with Crippen molar-refractivity contribution in [3.63, 3.8) is 0 Å². The third-order valence-corrected chi connectivity index (χ3v) is 3.51. The van der Waals surface area contributed by atoms with Crippen LogP contribution in [0.5, 0.6) is 0 Å². The fourth-order valence-corrected chi connectivity index (χ4v) is 2.92. The van der Waals surface area contributed by atoms with Gasteiger partial charge in [0.25, 0.3) is 0 Å². The van der Waals surface area contributed by atoms with Gasteiger partial charge in [0.2, 0.25) is 0 Å². The summed E-state index contributed by atoms with van der Waals surface area (Å²) in [6.07, 6.45) is 8.32. The standard InChI is InChI=1S/C11H20N2/c1-2-3-6-13-10-4-5-11(13)8-9(12)7-10/h2,9-11H,1,3-8,12H2/t9?,10-,11+. The molecule has 2 bridgehead atoms. The zero-order valence-electron chi connectivity index (χ0n) is 8.28. The highest BCUT2D eigenvalue weighted by Crippen LogP contribution is 2.34. The van der Waals surface area contributed by atoms with Gasteiger partial charge in [-0.3, -0.25) is 4.90 Å². The zero-order chi connectivity index (χ0) is 9.26. The molecule has 0 saturated carbocycles. The molecule has 2 aliphatic rings. The Morgan fingerprint density at radius 2 is 1.92 bits per heavy atom. The highest BCUT2D eigenvalue weighted by Gasteiger charge is 2.38. The number of fused-ring (bicyclic) bond motifs is 2. The summed E-state index contributed by atoms with van der Waals surface area (Å²) in [6, 6.07) is 2.04. The van der Waals surface area contributed by atoms with Crippen LogP contribution in [-0.4, -0.2) is 29.6 Å². The second-order valence-corrected chi connectivity index (χ2v) is 4.43. The molecule has 2 saturated heterocycles. The van der Waals surface area contributed by atoms with Crippen LogP contribution in [0.15, 0.2) is 12.7 Å². The van der Waals surface area contributed by atoms with Crippen LogP contribution in [0.4, 0.5) is 0 Å². The molecule has 13 heavy (non-hydrogen) atoms. The van der Waals surface area contributed by atoms with Crippen molar-refractivity contribution in [1.82, 2.24) is 4.90 Å². The van der Waals surface area contributed by atoms with E-state index in [4.69, 9.17) is 5.73 Å². The van der Waals surface area contributed by atoms with Crippen molar-refractivity contribution >= 4 is 0 Å². The zero-order valence-corrected chi connectivity index (χ0v) is 8.28. The molecule has 2 heteroatoms. The van der Waals surface area contributed by atoms with Crippen molar-refractivity contribution in [2.45, 2.75) is 50.2 Å². The SMILES string of the molecule is C=CCCN1[C@@H]2CC[C@H]1CC(N)C2. The van der Waals surface area contributed by atoms with Crippen LogP contribution in [0, 0.1) is 0 Å². The van der Waals surface area contributed by atoms with Gasteiger partial charge in [-0.05, 0) is 32.1 Å². The van der Waals surface area contributed by atoms with Crippen LogP contribution in [0.3, 0.4) is 0 Å². The third-order valence-electron chi connectivity index (χ3n) is 3.51. The van der Waals surface area contributed by atoms with Gasteiger partial charge in [0.1, 0.15) is 0 Å². The topological polar surface area (TPSA) is 29.3 Å². The predicted molar refractivity (Wildman–Crippen MR) is 55.5 cm³/mol. The van der Waals surface area contributed by atoms with E-state index in [9.17, 15) is 0 Å². The molecular weight excluding hydrogens is 160 g/mol. The molecule has 0 spiro atoms. The van der Waals surface area contributed by atoms with E-state index in [-0.39, 0.29) is 0 Å². The Kier molecular flexibility index (Phi) is 2.70. The molecular formula is C11H20N2. The molecule has 0 amide bonds. The average Bonchev–Trinajstić information content (AvgIpc) is 2.33. The first kappa shape index (κ1) is 9.22. The fraction of sp³-hybridized carbons (Fsp3) is 0.818. The fourth-order valence-electron chi connectivity index (χ4n) is 2.92. The maximum atomic E-state index is 6.00. The van der Waals surface area contributed by atoms with Gasteiger partial charge in [-0.2, -0.15) is 0 Å². The summed E-state index contributed by atoms with van der Waals surface area (Å²) in [6.45, 7) is 4.98. The van der Waals surface area contributed by atoms with Crippen LogP contribution in [0.1, 0.15) is 32.1 Å². The average molecular weight is 180 g/mol. The molecule has 2 nitrogen and oxygen atoms in total. The summed E-state index contributed by atoms with van der Waals surface area (Å²) in [5.41, 5.74) is 6.00. The Hall–Kier alpha value is -0.340. The van der Waals surface area contributed by atoms with Crippen LogP contribution >= 0.6 is 0 Å². The summed E-state index contributed by atoms with van der Waals surface area (Å²) in [5, 5.41) is 0. The number of nitrogens with zero attached hydrogens (tertiary/aromatic N) is 1. The summed E-state index contributed by atoms with van der Waals surface area (Å²) in [5.74, 6) is 0. The van der Waals surface area contributed by atoms with Gasteiger partial charge in [-0.25, -0.2) is 0 Å². The molecule has 0 radical (unpaired) electrons. The second kappa shape index (κ2) is 3.81. The van der Waals surface area contributed by atoms with E-state index in [1.54, 1.807) is 0 Å². The molecule has 1 unspecified atom stereocenters. The summed E-state index contributed by atoms with van der Waals surface area (Å²) in [4.78, 5) is 2.66. The minimum absolute atomic E-state index is 0.470. The van der Waals surface area contributed by atoms with Crippen molar-refractivity contribution in [1.29, 1.82) is 0 Å². The molecule has 2 aliphatic heterocycles. The van der Waals surface area contributed by atoms with Gasteiger partial charge in [0.05, 0.1) is 0 Å². The number of nitrogens with two attached hydrogens (primary N) is 1. The highest BCUT2D eigenvalue weighted by atomic mass is 15.2. The van der Waals surface area contributed by atoms with Gasteiger partial charge < -0.3 is 5.73 Å². The molecule has 0 aromatic heterocycles. The molecule has 0 aromatic rings. The van der Waals surface area contributed by atoms with E-state index in [1.807, 2.05) is 6.08 Å². The first-order valence-electron chi connectivity index (χ1n) is 5.43. The first-order chi connectivity index (χ1) is 6.31. The van der Waals surface area contributed by atoms with Gasteiger partial charge in [-0.1, -0.05) is 6.08 Å². The maximum absolute atomic E-state index is 6.00. The molecule has 0 aliphatic carbocycles. The maximum Gasteiger partial charge on any atom is 0.0114 e. The molecule has 3 atom stereocenters. The summed E-state index contributed by atoms with van der Waals surface area (Å²) >= 11 is 0. The number of hydrogen-bond donors (Lipinski definition) is 1. The largest absolute Gasteiger partial charge is 0.328 e. The number of hydrogen-bond acceptors (Lipinski definition) is 2. The predicted octanol–water partition coefficient (Wildman–Crippen LogP) is 1.52. The van der Waals surface area contributed by atoms with Crippen molar-refractivity contribution < 1.29 is 0 Å². The quantitative estimate of drug-likeness (QED) is 0.667. The first-order valence-corrected chi connectivity index (χ1v) is 5.43. The van der Waals surface area contributed by atoms with Gasteiger partial charge in [0.15, 0.2) is 0 Å². The van der Waals surface area contributed by atoms with Crippen LogP contribution in [0.2, 0.25) is 0 Å². The van der Waals surface area contributed by atoms with Crippen LogP contribution < -0.4 is 5.73 Å². The van der Waals surface area contributed by atoms with Crippen LogP contribution in [-0.2, 0) is 0 Å². The Labute approximate surface area is 80.8 Å². The molecule has 2 N–H and O–H groups in total. The summed E-state index contributed by atoms with van der Waals surface area (Å²) in [7, 11) is 0. The molecule has 2 heterocycles. The lowest BCUT2D eigenvalue weighted by Gasteiger charge is -2.37. The van der Waals surface area contributed by atoms with E-state index in [0.717, 1.165) is 18.5 Å². The third kappa shape index (κ3) is 1.79. The van der Waals surface area contributed by atoms with E-state index < -0.39 is 0 Å². The van der Waals surface area contributed by atoms with E-state index in [0.29, 0.717) is 6.04 Å². The smallest absolute Gasteiger partial charge is 0.0114 e. The number of rotatable bonds is 3. The molecule has 0 aromatic carbocycles. The second-order valence-electron chi connectivity index (χ2n) is 4.43. The van der Waals surface area contributed by atoms with Crippen molar-refractivity contribution in [2.75, 3.05) is 6.54 Å². The Balaban J connectivity index is 1.94. The summed E-state index contributed by atoms with van der Waals surface area (Å²) < 4.78 is 0.